The Kier molecular flexibility index (Phi) is 3.01. The number of H-pyrrole nitrogens is 1. The molecule has 5 heteroatoms. The van der Waals surface area contributed by atoms with E-state index in [-0.39, 0.29) is 5.91 Å². The third kappa shape index (κ3) is 2.08. The number of aromatic amines is 1. The van der Waals surface area contributed by atoms with Crippen molar-refractivity contribution in [1.29, 1.82) is 0 Å². The minimum absolute atomic E-state index is 0.185. The van der Waals surface area contributed by atoms with E-state index < -0.39 is 0 Å². The van der Waals surface area contributed by atoms with Crippen LogP contribution in [-0.4, -0.2) is 37.7 Å². The Balaban J connectivity index is 1.42. The summed E-state index contributed by atoms with van der Waals surface area (Å²) in [4.78, 5) is 18.4. The zero-order valence-electron chi connectivity index (χ0n) is 13.4. The summed E-state index contributed by atoms with van der Waals surface area (Å²) in [5, 5.41) is 5.50. The van der Waals surface area contributed by atoms with Gasteiger partial charge in [0.25, 0.3) is 5.91 Å². The molecule has 0 aliphatic carbocycles. The fraction of sp³-hybridized carbons (Fsp3) is 0.368. The molecule has 122 valence electrons. The molecule has 2 saturated heterocycles. The topological polar surface area (TPSA) is 53.9 Å². The van der Waals surface area contributed by atoms with E-state index in [9.17, 15) is 4.79 Å². The van der Waals surface area contributed by atoms with E-state index in [0.29, 0.717) is 18.1 Å². The van der Waals surface area contributed by atoms with Crippen LogP contribution in [0.5, 0.6) is 0 Å². The van der Waals surface area contributed by atoms with Gasteiger partial charge in [-0.15, -0.1) is 0 Å². The van der Waals surface area contributed by atoms with Crippen LogP contribution in [0.3, 0.4) is 0 Å². The highest BCUT2D eigenvalue weighted by Gasteiger charge is 2.44. The summed E-state index contributed by atoms with van der Waals surface area (Å²) >= 11 is 0. The van der Waals surface area contributed by atoms with E-state index in [1.807, 2.05) is 48.9 Å². The van der Waals surface area contributed by atoms with Crippen molar-refractivity contribution in [2.75, 3.05) is 0 Å². The number of aromatic nitrogens is 3. The summed E-state index contributed by atoms with van der Waals surface area (Å²) in [6.45, 7) is 0. The number of carbonyl (C=O) groups excluding carboxylic acids is 1. The Morgan fingerprint density at radius 2 is 1.96 bits per heavy atom. The largest absolute Gasteiger partial charge is 0.361 e. The molecule has 2 aliphatic heterocycles. The van der Waals surface area contributed by atoms with Gasteiger partial charge in [0.15, 0.2) is 0 Å². The van der Waals surface area contributed by atoms with E-state index in [4.69, 9.17) is 0 Å². The molecule has 1 amide bonds. The molecule has 2 fully saturated rings. The number of amides is 1. The minimum Gasteiger partial charge on any atom is -0.361 e. The van der Waals surface area contributed by atoms with Gasteiger partial charge in [-0.05, 0) is 56.0 Å². The van der Waals surface area contributed by atoms with Gasteiger partial charge in [0.2, 0.25) is 0 Å². The summed E-state index contributed by atoms with van der Waals surface area (Å²) < 4.78 is 2.07. The average molecular weight is 320 g/mol. The predicted octanol–water partition coefficient (Wildman–Crippen LogP) is 3.37. The first-order chi connectivity index (χ1) is 11.8. The molecular weight excluding hydrogens is 300 g/mol. The highest BCUT2D eigenvalue weighted by Crippen LogP contribution is 2.41. The van der Waals surface area contributed by atoms with Gasteiger partial charge >= 0.3 is 0 Å². The lowest BCUT2D eigenvalue weighted by molar-refractivity contribution is 0.0524. The summed E-state index contributed by atoms with van der Waals surface area (Å²) in [5.74, 6) is 0.185. The zero-order valence-corrected chi connectivity index (χ0v) is 13.4. The molecule has 0 spiro atoms. The molecule has 5 rings (SSSR count). The van der Waals surface area contributed by atoms with Crippen molar-refractivity contribution in [3.63, 3.8) is 0 Å². The number of nitrogens with one attached hydrogen (secondary N) is 1. The van der Waals surface area contributed by atoms with Crippen molar-refractivity contribution in [3.8, 4) is 0 Å². The number of nitrogens with zero attached hydrogens (tertiary/aromatic N) is 3. The molecule has 2 bridgehead atoms. The van der Waals surface area contributed by atoms with Crippen LogP contribution in [0, 0.1) is 0 Å². The molecule has 1 aromatic carbocycles. The van der Waals surface area contributed by atoms with E-state index in [2.05, 4.69) is 19.7 Å². The van der Waals surface area contributed by atoms with Crippen LogP contribution in [0.4, 0.5) is 0 Å². The van der Waals surface area contributed by atoms with Crippen LogP contribution < -0.4 is 0 Å². The van der Waals surface area contributed by atoms with Gasteiger partial charge in [0.1, 0.15) is 0 Å². The van der Waals surface area contributed by atoms with Gasteiger partial charge in [-0.2, -0.15) is 5.10 Å². The summed E-state index contributed by atoms with van der Waals surface area (Å²) in [6, 6.07) is 11.1. The van der Waals surface area contributed by atoms with Gasteiger partial charge in [0, 0.05) is 47.1 Å². The van der Waals surface area contributed by atoms with E-state index in [0.717, 1.165) is 42.1 Å². The Morgan fingerprint density at radius 1 is 1.12 bits per heavy atom. The Morgan fingerprint density at radius 3 is 2.71 bits per heavy atom. The molecule has 2 atom stereocenters. The number of rotatable bonds is 2. The first-order valence-electron chi connectivity index (χ1n) is 8.68. The average Bonchev–Trinajstić information content (AvgIpc) is 3.33. The zero-order chi connectivity index (χ0) is 16.1. The number of piperidine rings is 1. The molecule has 2 aromatic heterocycles. The van der Waals surface area contributed by atoms with E-state index in [1.165, 1.54) is 0 Å². The number of benzene rings is 1. The normalized spacial score (nSPS) is 26.2. The second-order valence-corrected chi connectivity index (χ2v) is 6.99. The third-order valence-electron chi connectivity index (χ3n) is 5.64. The Bertz CT molecular complexity index is 868. The van der Waals surface area contributed by atoms with Crippen LogP contribution in [0.1, 0.15) is 42.1 Å². The number of hydrogen-bond donors (Lipinski definition) is 1. The van der Waals surface area contributed by atoms with Crippen LogP contribution in [-0.2, 0) is 0 Å². The van der Waals surface area contributed by atoms with Crippen LogP contribution in [0.25, 0.3) is 10.9 Å². The lowest BCUT2D eigenvalue weighted by atomic mass is 9.96. The maximum atomic E-state index is 13.1. The van der Waals surface area contributed by atoms with Crippen molar-refractivity contribution in [2.45, 2.75) is 43.8 Å². The monoisotopic (exact) mass is 320 g/mol. The third-order valence-corrected chi connectivity index (χ3v) is 5.64. The lowest BCUT2D eigenvalue weighted by Gasteiger charge is -2.39. The molecular formula is C19H20N4O. The van der Waals surface area contributed by atoms with Crippen LogP contribution >= 0.6 is 0 Å². The fourth-order valence-corrected chi connectivity index (χ4v) is 4.53. The minimum atomic E-state index is 0.185. The van der Waals surface area contributed by atoms with Gasteiger partial charge in [-0.1, -0.05) is 0 Å². The second-order valence-electron chi connectivity index (χ2n) is 6.99. The summed E-state index contributed by atoms with van der Waals surface area (Å²) in [7, 11) is 0. The first-order valence-corrected chi connectivity index (χ1v) is 8.68. The number of fused-ring (bicyclic) bond motifs is 3. The SMILES string of the molecule is O=C(c1ccc2[nH]ccc2c1)N1C2CCC1CC(n1cccn1)C2. The van der Waals surface area contributed by atoms with Crippen molar-refractivity contribution >= 4 is 16.8 Å². The van der Waals surface area contributed by atoms with Crippen molar-refractivity contribution in [3.05, 3.63) is 54.5 Å². The second kappa shape index (κ2) is 5.23. The Labute approximate surface area is 140 Å². The molecule has 0 radical (unpaired) electrons. The lowest BCUT2D eigenvalue weighted by Crippen LogP contribution is -2.47. The molecule has 2 aliphatic rings. The first kappa shape index (κ1) is 13.8. The Hall–Kier alpha value is -2.56. The maximum absolute atomic E-state index is 13.1. The molecule has 5 nitrogen and oxygen atoms in total. The van der Waals surface area contributed by atoms with Crippen LogP contribution in [0.2, 0.25) is 0 Å². The van der Waals surface area contributed by atoms with Crippen molar-refractivity contribution in [2.24, 2.45) is 0 Å². The van der Waals surface area contributed by atoms with Crippen molar-refractivity contribution in [1.82, 2.24) is 19.7 Å². The molecule has 24 heavy (non-hydrogen) atoms. The highest BCUT2D eigenvalue weighted by molar-refractivity contribution is 5.98. The standard InChI is InChI=1S/C19H20N4O/c24-19(14-2-5-18-13(10-14)6-8-20-18)23-15-3-4-16(23)12-17(11-15)22-9-1-7-21-22/h1-2,5-10,15-17,20H,3-4,11-12H2. The maximum Gasteiger partial charge on any atom is 0.254 e. The van der Waals surface area contributed by atoms with Gasteiger partial charge < -0.3 is 9.88 Å². The highest BCUT2D eigenvalue weighted by atomic mass is 16.2. The molecule has 4 heterocycles. The molecule has 1 N–H and O–H groups in total. The fourth-order valence-electron chi connectivity index (χ4n) is 4.53. The van der Waals surface area contributed by atoms with Gasteiger partial charge in [0.05, 0.1) is 6.04 Å². The molecule has 0 saturated carbocycles. The summed E-state index contributed by atoms with van der Waals surface area (Å²) in [5.41, 5.74) is 1.88. The van der Waals surface area contributed by atoms with E-state index in [1.54, 1.807) is 0 Å². The van der Waals surface area contributed by atoms with Crippen LogP contribution in [0.15, 0.2) is 48.9 Å². The van der Waals surface area contributed by atoms with E-state index >= 15 is 0 Å². The molecule has 2 unspecified atom stereocenters. The van der Waals surface area contributed by atoms with Crippen molar-refractivity contribution < 1.29 is 4.79 Å². The predicted molar refractivity (Wildman–Crippen MR) is 91.8 cm³/mol. The summed E-state index contributed by atoms with van der Waals surface area (Å²) in [6.07, 6.45) is 10.0. The smallest absolute Gasteiger partial charge is 0.254 e. The quantitative estimate of drug-likeness (QED) is 0.787. The molecule has 3 aromatic rings. The number of carbonyl (C=O) groups is 1. The van der Waals surface area contributed by atoms with Gasteiger partial charge in [-0.3, -0.25) is 9.48 Å². The number of hydrogen-bond acceptors (Lipinski definition) is 2. The van der Waals surface area contributed by atoms with Gasteiger partial charge in [-0.25, -0.2) is 0 Å².